The second-order valence-electron chi connectivity index (χ2n) is 5.74. The molecule has 0 amide bonds. The van der Waals surface area contributed by atoms with Crippen molar-refractivity contribution < 1.29 is 0 Å². The fraction of sp³-hybridized carbons (Fsp3) is 0.278. The van der Waals surface area contributed by atoms with Crippen molar-refractivity contribution in [2.75, 3.05) is 5.32 Å². The van der Waals surface area contributed by atoms with E-state index < -0.39 is 0 Å². The molecule has 1 N–H and O–H groups in total. The van der Waals surface area contributed by atoms with Crippen LogP contribution in [0.3, 0.4) is 0 Å². The van der Waals surface area contributed by atoms with E-state index in [4.69, 9.17) is 16.6 Å². The van der Waals surface area contributed by atoms with Crippen LogP contribution >= 0.6 is 22.9 Å². The molecule has 0 saturated heterocycles. The molecule has 0 aliphatic heterocycles. The molecule has 0 unspecified atom stereocenters. The van der Waals surface area contributed by atoms with Crippen LogP contribution in [0, 0.1) is 0 Å². The summed E-state index contributed by atoms with van der Waals surface area (Å²) in [5.41, 5.74) is 5.11. The first-order chi connectivity index (χ1) is 10.8. The molecule has 1 aromatic heterocycles. The Morgan fingerprint density at radius 3 is 2.82 bits per heavy atom. The SMILES string of the molecule is Clc1cc2c(c3sc(NCc4ccccc4)nc13)CCCC2. The number of aryl methyl sites for hydroxylation is 2. The molecule has 22 heavy (non-hydrogen) atoms. The number of rotatable bonds is 3. The van der Waals surface area contributed by atoms with Gasteiger partial charge in [-0.2, -0.15) is 0 Å². The van der Waals surface area contributed by atoms with Gasteiger partial charge < -0.3 is 5.32 Å². The summed E-state index contributed by atoms with van der Waals surface area (Å²) in [6, 6.07) is 12.5. The van der Waals surface area contributed by atoms with E-state index in [2.05, 4.69) is 35.6 Å². The van der Waals surface area contributed by atoms with Crippen LogP contribution in [0.4, 0.5) is 5.13 Å². The van der Waals surface area contributed by atoms with Gasteiger partial charge in [-0.1, -0.05) is 53.3 Å². The van der Waals surface area contributed by atoms with E-state index in [1.807, 2.05) is 6.07 Å². The van der Waals surface area contributed by atoms with Gasteiger partial charge >= 0.3 is 0 Å². The average molecular weight is 329 g/mol. The second-order valence-corrected chi connectivity index (χ2v) is 7.15. The van der Waals surface area contributed by atoms with E-state index in [0.717, 1.165) is 35.1 Å². The molecule has 112 valence electrons. The van der Waals surface area contributed by atoms with Crippen LogP contribution in [0.15, 0.2) is 36.4 Å². The Morgan fingerprint density at radius 2 is 1.95 bits per heavy atom. The largest absolute Gasteiger partial charge is 0.357 e. The lowest BCUT2D eigenvalue weighted by atomic mass is 9.91. The Hall–Kier alpha value is -1.58. The van der Waals surface area contributed by atoms with Crippen LogP contribution in [0.5, 0.6) is 0 Å². The van der Waals surface area contributed by atoms with Gasteiger partial charge in [-0.15, -0.1) is 0 Å². The number of nitrogens with zero attached hydrogens (tertiary/aromatic N) is 1. The molecule has 0 fully saturated rings. The molecule has 2 aromatic carbocycles. The lowest BCUT2D eigenvalue weighted by molar-refractivity contribution is 0.690. The van der Waals surface area contributed by atoms with Gasteiger partial charge in [0.25, 0.3) is 0 Å². The Balaban J connectivity index is 1.67. The Bertz CT molecular complexity index is 811. The summed E-state index contributed by atoms with van der Waals surface area (Å²) in [4.78, 5) is 4.71. The first-order valence-corrected chi connectivity index (χ1v) is 8.89. The van der Waals surface area contributed by atoms with Gasteiger partial charge in [0, 0.05) is 6.54 Å². The van der Waals surface area contributed by atoms with Crippen molar-refractivity contribution in [1.29, 1.82) is 0 Å². The predicted molar refractivity (Wildman–Crippen MR) is 95.0 cm³/mol. The summed E-state index contributed by atoms with van der Waals surface area (Å²) in [6.07, 6.45) is 4.85. The number of nitrogens with one attached hydrogen (secondary N) is 1. The minimum atomic E-state index is 0.791. The minimum Gasteiger partial charge on any atom is -0.357 e. The zero-order chi connectivity index (χ0) is 14.9. The van der Waals surface area contributed by atoms with Gasteiger partial charge in [0.05, 0.1) is 9.72 Å². The lowest BCUT2D eigenvalue weighted by Gasteiger charge is -2.16. The first kappa shape index (κ1) is 14.0. The fourth-order valence-corrected chi connectivity index (χ4v) is 4.51. The van der Waals surface area contributed by atoms with Gasteiger partial charge in [-0.3, -0.25) is 0 Å². The van der Waals surface area contributed by atoms with Crippen LogP contribution in [0.25, 0.3) is 10.2 Å². The van der Waals surface area contributed by atoms with E-state index >= 15 is 0 Å². The molecule has 0 spiro atoms. The summed E-state index contributed by atoms with van der Waals surface area (Å²) < 4.78 is 1.28. The second kappa shape index (κ2) is 5.90. The molecular weight excluding hydrogens is 312 g/mol. The van der Waals surface area contributed by atoms with Crippen LogP contribution in [0.2, 0.25) is 5.02 Å². The molecule has 0 radical (unpaired) electrons. The summed E-state index contributed by atoms with van der Waals surface area (Å²) >= 11 is 8.18. The molecule has 3 aromatic rings. The van der Waals surface area contributed by atoms with Gasteiger partial charge in [0.1, 0.15) is 5.52 Å². The number of hydrogen-bond donors (Lipinski definition) is 1. The number of thiazole rings is 1. The number of hydrogen-bond acceptors (Lipinski definition) is 3. The van der Waals surface area contributed by atoms with Crippen molar-refractivity contribution in [3.05, 3.63) is 58.1 Å². The third-order valence-corrected chi connectivity index (χ3v) is 5.59. The van der Waals surface area contributed by atoms with Gasteiger partial charge in [0.2, 0.25) is 0 Å². The number of halogens is 1. The molecule has 2 nitrogen and oxygen atoms in total. The highest BCUT2D eigenvalue weighted by Crippen LogP contribution is 2.38. The monoisotopic (exact) mass is 328 g/mol. The maximum Gasteiger partial charge on any atom is 0.184 e. The minimum absolute atomic E-state index is 0.791. The molecule has 0 bridgehead atoms. The number of benzene rings is 2. The highest BCUT2D eigenvalue weighted by molar-refractivity contribution is 7.22. The lowest BCUT2D eigenvalue weighted by Crippen LogP contribution is -2.02. The van der Waals surface area contributed by atoms with Crippen LogP contribution in [-0.2, 0) is 19.4 Å². The highest BCUT2D eigenvalue weighted by Gasteiger charge is 2.18. The first-order valence-electron chi connectivity index (χ1n) is 7.70. The Kier molecular flexibility index (Phi) is 3.77. The average Bonchev–Trinajstić information content (AvgIpc) is 2.99. The Labute approximate surface area is 139 Å². The number of anilines is 1. The summed E-state index contributed by atoms with van der Waals surface area (Å²) in [6.45, 7) is 0.792. The smallest absolute Gasteiger partial charge is 0.184 e. The van der Waals surface area contributed by atoms with Crippen molar-refractivity contribution in [2.45, 2.75) is 32.2 Å². The molecular formula is C18H17ClN2S. The maximum atomic E-state index is 6.44. The topological polar surface area (TPSA) is 24.9 Å². The molecule has 4 heteroatoms. The van der Waals surface area contributed by atoms with Crippen molar-refractivity contribution in [2.24, 2.45) is 0 Å². The predicted octanol–water partition coefficient (Wildman–Crippen LogP) is 5.44. The third kappa shape index (κ3) is 2.59. The zero-order valence-corrected chi connectivity index (χ0v) is 13.8. The Morgan fingerprint density at radius 1 is 1.14 bits per heavy atom. The zero-order valence-electron chi connectivity index (χ0n) is 12.2. The quantitative estimate of drug-likeness (QED) is 0.692. The van der Waals surface area contributed by atoms with E-state index in [9.17, 15) is 0 Å². The van der Waals surface area contributed by atoms with E-state index in [0.29, 0.717) is 0 Å². The summed E-state index contributed by atoms with van der Waals surface area (Å²) in [5, 5.41) is 5.18. The van der Waals surface area contributed by atoms with Gasteiger partial charge in [-0.25, -0.2) is 4.98 Å². The van der Waals surface area contributed by atoms with Gasteiger partial charge in [0.15, 0.2) is 5.13 Å². The van der Waals surface area contributed by atoms with E-state index in [1.54, 1.807) is 11.3 Å². The normalized spacial score (nSPS) is 14.0. The van der Waals surface area contributed by atoms with Crippen LogP contribution < -0.4 is 5.32 Å². The van der Waals surface area contributed by atoms with Crippen molar-refractivity contribution >= 4 is 38.3 Å². The van der Waals surface area contributed by atoms with Crippen molar-refractivity contribution in [3.8, 4) is 0 Å². The highest BCUT2D eigenvalue weighted by atomic mass is 35.5. The van der Waals surface area contributed by atoms with Crippen molar-refractivity contribution in [1.82, 2.24) is 4.98 Å². The molecule has 0 saturated carbocycles. The molecule has 4 rings (SSSR count). The van der Waals surface area contributed by atoms with Crippen LogP contribution in [0.1, 0.15) is 29.5 Å². The van der Waals surface area contributed by atoms with Crippen LogP contribution in [-0.4, -0.2) is 4.98 Å². The third-order valence-electron chi connectivity index (χ3n) is 4.23. The molecule has 0 atom stereocenters. The van der Waals surface area contributed by atoms with Gasteiger partial charge in [-0.05, 0) is 48.4 Å². The van der Waals surface area contributed by atoms with E-state index in [-0.39, 0.29) is 0 Å². The fourth-order valence-electron chi connectivity index (χ4n) is 3.10. The molecule has 1 aliphatic rings. The summed E-state index contributed by atoms with van der Waals surface area (Å²) in [7, 11) is 0. The van der Waals surface area contributed by atoms with E-state index in [1.165, 1.54) is 34.2 Å². The number of aromatic nitrogens is 1. The maximum absolute atomic E-state index is 6.44. The number of fused-ring (bicyclic) bond motifs is 3. The summed E-state index contributed by atoms with van der Waals surface area (Å²) in [5.74, 6) is 0. The van der Waals surface area contributed by atoms with Crippen molar-refractivity contribution in [3.63, 3.8) is 0 Å². The molecule has 1 heterocycles. The molecule has 1 aliphatic carbocycles. The standard InChI is InChI=1S/C18H17ClN2S/c19-15-10-13-8-4-5-9-14(13)17-16(15)21-18(22-17)20-11-12-6-2-1-3-7-12/h1-3,6-7,10H,4-5,8-9,11H2,(H,20,21).